The zero-order chi connectivity index (χ0) is 50.1. The lowest BCUT2D eigenvalue weighted by molar-refractivity contribution is -0.143. The summed E-state index contributed by atoms with van der Waals surface area (Å²) >= 11 is 0. The third-order valence-corrected chi connectivity index (χ3v) is 11.8. The summed E-state index contributed by atoms with van der Waals surface area (Å²) in [5, 5.41) is 23.8. The average Bonchev–Trinajstić information content (AvgIpc) is 3.81. The summed E-state index contributed by atoms with van der Waals surface area (Å²) in [6.45, 7) is 5.50. The number of aliphatic carboxylic acids is 2. The topological polar surface area (TPSA) is 276 Å². The number of nitrogens with one attached hydrogen (secondary N) is 3. The summed E-state index contributed by atoms with van der Waals surface area (Å²) in [7, 11) is 0. The maximum atomic E-state index is 13.0. The van der Waals surface area contributed by atoms with Crippen molar-refractivity contribution in [2.75, 3.05) is 65.9 Å². The number of aromatic amines is 1. The van der Waals surface area contributed by atoms with Crippen LogP contribution in [0.15, 0.2) is 12.5 Å². The number of Topliss-reactive ketones (excluding diaryl/α,β-unsaturated/α-hetero) is 3. The summed E-state index contributed by atoms with van der Waals surface area (Å²) in [5.74, 6) is -3.15. The number of amides is 2. The summed E-state index contributed by atoms with van der Waals surface area (Å²) in [5.41, 5.74) is 5.79. The number of carboxylic acids is 2. The van der Waals surface area contributed by atoms with Gasteiger partial charge in [-0.05, 0) is 38.5 Å². The van der Waals surface area contributed by atoms with E-state index in [9.17, 15) is 38.7 Å². The van der Waals surface area contributed by atoms with Crippen molar-refractivity contribution in [2.24, 2.45) is 17.1 Å². The van der Waals surface area contributed by atoms with E-state index in [1.54, 1.807) is 20.0 Å². The van der Waals surface area contributed by atoms with Crippen LogP contribution in [0.25, 0.3) is 0 Å². The lowest BCUT2D eigenvalue weighted by Crippen LogP contribution is -2.38. The number of imidazole rings is 1. The number of carbonyl (C=O) groups is 7. The van der Waals surface area contributed by atoms with Crippen molar-refractivity contribution in [3.05, 3.63) is 18.2 Å². The van der Waals surface area contributed by atoms with Gasteiger partial charge in [0.2, 0.25) is 11.8 Å². The van der Waals surface area contributed by atoms with Gasteiger partial charge in [-0.15, -0.1) is 0 Å². The van der Waals surface area contributed by atoms with Gasteiger partial charge in [0.25, 0.3) is 0 Å². The molecule has 7 N–H and O–H groups in total. The first-order chi connectivity index (χ1) is 32.7. The zero-order valence-electron chi connectivity index (χ0n) is 41.5. The number of ether oxygens (including phenoxy) is 4. The minimum Gasteiger partial charge on any atom is -0.481 e. The van der Waals surface area contributed by atoms with Gasteiger partial charge in [0.15, 0.2) is 5.78 Å². The van der Waals surface area contributed by atoms with E-state index >= 15 is 0 Å². The molecule has 0 unspecified atom stereocenters. The number of hydrogen-bond acceptors (Lipinski definition) is 13. The highest BCUT2D eigenvalue weighted by Crippen LogP contribution is 2.27. The van der Waals surface area contributed by atoms with Gasteiger partial charge in [-0.3, -0.25) is 33.6 Å². The molecular weight excluding hydrogens is 879 g/mol. The molecule has 0 bridgehead atoms. The molecule has 2 amide bonds. The Balaban J connectivity index is 1.90. The Hall–Kier alpha value is -4.10. The molecule has 18 nitrogen and oxygen atoms in total. The van der Waals surface area contributed by atoms with Crippen molar-refractivity contribution in [2.45, 2.75) is 180 Å². The number of nitrogens with zero attached hydrogens (tertiary/aromatic N) is 1. The van der Waals surface area contributed by atoms with Crippen molar-refractivity contribution < 1.29 is 62.7 Å². The van der Waals surface area contributed by atoms with Crippen LogP contribution in [0.2, 0.25) is 0 Å². The first kappa shape index (κ1) is 61.9. The van der Waals surface area contributed by atoms with E-state index in [-0.39, 0.29) is 107 Å². The molecule has 0 spiro atoms. The Morgan fingerprint density at radius 3 is 1.68 bits per heavy atom. The second-order valence-corrected chi connectivity index (χ2v) is 18.4. The van der Waals surface area contributed by atoms with Gasteiger partial charge in [-0.1, -0.05) is 97.3 Å². The van der Waals surface area contributed by atoms with Crippen LogP contribution < -0.4 is 16.4 Å². The lowest BCUT2D eigenvalue weighted by Gasteiger charge is -2.24. The number of H-pyrrole nitrogens is 1. The Labute approximate surface area is 405 Å². The molecule has 0 aliphatic carbocycles. The van der Waals surface area contributed by atoms with Gasteiger partial charge in [0, 0.05) is 75.5 Å². The molecule has 1 rings (SSSR count). The fourth-order valence-corrected chi connectivity index (χ4v) is 7.54. The molecular formula is C50H87N5O13. The zero-order valence-corrected chi connectivity index (χ0v) is 41.5. The van der Waals surface area contributed by atoms with Gasteiger partial charge in [-0.2, -0.15) is 0 Å². The maximum absolute atomic E-state index is 13.0. The van der Waals surface area contributed by atoms with Gasteiger partial charge < -0.3 is 50.5 Å². The SMILES string of the molecule is CC(C)(CC(=O)[C@@H](N)Cc1cnc[nH]1)C(=O)CC[C@@H](CCCCNC(=O)COCCOCCNC(=O)COCCOCCCC(=O)CCCCCCCCCCCCCCCCC(=O)O)C(=O)O. The monoisotopic (exact) mass is 966 g/mol. The highest BCUT2D eigenvalue weighted by molar-refractivity contribution is 5.92. The third-order valence-electron chi connectivity index (χ3n) is 11.8. The Morgan fingerprint density at radius 1 is 0.618 bits per heavy atom. The molecule has 18 heteroatoms. The number of nitrogens with two attached hydrogens (primary N) is 1. The molecule has 0 radical (unpaired) electrons. The summed E-state index contributed by atoms with van der Waals surface area (Å²) in [6, 6.07) is -0.775. The van der Waals surface area contributed by atoms with Crippen LogP contribution in [-0.2, 0) is 58.9 Å². The predicted molar refractivity (Wildman–Crippen MR) is 258 cm³/mol. The molecule has 2 atom stereocenters. The first-order valence-corrected chi connectivity index (χ1v) is 25.3. The fourth-order valence-electron chi connectivity index (χ4n) is 7.54. The van der Waals surface area contributed by atoms with Crippen molar-refractivity contribution in [1.29, 1.82) is 0 Å². The number of hydrogen-bond donors (Lipinski definition) is 6. The second kappa shape index (κ2) is 40.8. The van der Waals surface area contributed by atoms with Crippen molar-refractivity contribution in [3.63, 3.8) is 0 Å². The molecule has 0 saturated heterocycles. The van der Waals surface area contributed by atoms with Crippen LogP contribution in [0, 0.1) is 11.3 Å². The second-order valence-electron chi connectivity index (χ2n) is 18.4. The molecule has 68 heavy (non-hydrogen) atoms. The quantitative estimate of drug-likeness (QED) is 0.0383. The van der Waals surface area contributed by atoms with E-state index < -0.39 is 29.3 Å². The fraction of sp³-hybridized carbons (Fsp3) is 0.800. The number of aromatic nitrogens is 2. The highest BCUT2D eigenvalue weighted by atomic mass is 16.5. The number of rotatable bonds is 49. The van der Waals surface area contributed by atoms with Gasteiger partial charge in [-0.25, -0.2) is 4.98 Å². The molecule has 0 fully saturated rings. The minimum absolute atomic E-state index is 0.0340. The van der Waals surface area contributed by atoms with Crippen molar-refractivity contribution in [3.8, 4) is 0 Å². The molecule has 1 aromatic heterocycles. The minimum atomic E-state index is -0.988. The molecule has 0 saturated carbocycles. The lowest BCUT2D eigenvalue weighted by atomic mass is 9.78. The molecule has 390 valence electrons. The maximum Gasteiger partial charge on any atom is 0.306 e. The van der Waals surface area contributed by atoms with E-state index in [0.29, 0.717) is 58.3 Å². The molecule has 0 aliphatic rings. The van der Waals surface area contributed by atoms with Gasteiger partial charge >= 0.3 is 11.9 Å². The normalized spacial score (nSPS) is 12.4. The molecule has 1 aromatic rings. The molecule has 1 heterocycles. The third kappa shape index (κ3) is 36.0. The van der Waals surface area contributed by atoms with Crippen LogP contribution in [-0.4, -0.2) is 133 Å². The average molecular weight is 966 g/mol. The predicted octanol–water partition coefficient (Wildman–Crippen LogP) is 6.46. The van der Waals surface area contributed by atoms with E-state index in [1.165, 1.54) is 64.1 Å². The standard InChI is InChI=1S/C50H87N5O13/c1-50(2,35-44(57)43(51)34-41-36-52-39-55-41)45(58)25-24-40(49(63)64)20-17-18-26-53-46(59)37-68-33-31-66-29-27-54-47(60)38-67-32-30-65-28-19-22-42(56)21-15-13-11-9-7-5-3-4-6-8-10-12-14-16-23-48(61)62/h36,39-40,43H,3-35,37-38,51H2,1-2H3,(H,52,55)(H,53,59)(H,54,60)(H,61,62)(H,63,64)/t40-,43+/m1/s1. The van der Waals surface area contributed by atoms with Crippen LogP contribution in [0.5, 0.6) is 0 Å². The molecule has 0 aromatic carbocycles. The van der Waals surface area contributed by atoms with Crippen LogP contribution in [0.3, 0.4) is 0 Å². The molecule has 0 aliphatic heterocycles. The Kier molecular flexibility index (Phi) is 37.1. The summed E-state index contributed by atoms with van der Waals surface area (Å²) in [4.78, 5) is 91.1. The van der Waals surface area contributed by atoms with E-state index in [2.05, 4.69) is 20.6 Å². The van der Waals surface area contributed by atoms with Gasteiger partial charge in [0.05, 0.1) is 51.3 Å². The largest absolute Gasteiger partial charge is 0.481 e. The van der Waals surface area contributed by atoms with E-state index in [1.807, 2.05) is 0 Å². The number of ketones is 3. The summed E-state index contributed by atoms with van der Waals surface area (Å²) in [6.07, 6.45) is 23.3. The first-order valence-electron chi connectivity index (χ1n) is 25.3. The smallest absolute Gasteiger partial charge is 0.306 e. The number of carboxylic acid groups (broad SMARTS) is 2. The Morgan fingerprint density at radius 2 is 1.13 bits per heavy atom. The summed E-state index contributed by atoms with van der Waals surface area (Å²) < 4.78 is 21.6. The van der Waals surface area contributed by atoms with Crippen LogP contribution in [0.4, 0.5) is 0 Å². The van der Waals surface area contributed by atoms with Crippen LogP contribution in [0.1, 0.15) is 174 Å². The Bertz CT molecular complexity index is 1520. The van der Waals surface area contributed by atoms with Crippen molar-refractivity contribution >= 4 is 41.1 Å². The van der Waals surface area contributed by atoms with Crippen LogP contribution >= 0.6 is 0 Å². The number of carbonyl (C=O) groups excluding carboxylic acids is 5. The van der Waals surface area contributed by atoms with E-state index in [4.69, 9.17) is 29.8 Å². The van der Waals surface area contributed by atoms with Gasteiger partial charge in [0.1, 0.15) is 24.8 Å². The van der Waals surface area contributed by atoms with Crippen molar-refractivity contribution in [1.82, 2.24) is 20.6 Å². The number of unbranched alkanes of at least 4 members (excludes halogenated alkanes) is 14. The van der Waals surface area contributed by atoms with E-state index in [0.717, 1.165) is 37.8 Å². The highest BCUT2D eigenvalue weighted by Gasteiger charge is 2.33.